The van der Waals surface area contributed by atoms with Crippen LogP contribution in [0.3, 0.4) is 0 Å². The number of halogens is 1. The summed E-state index contributed by atoms with van der Waals surface area (Å²) >= 11 is 3.39. The van der Waals surface area contributed by atoms with E-state index in [-0.39, 0.29) is 18.1 Å². The van der Waals surface area contributed by atoms with Gasteiger partial charge in [0.05, 0.1) is 11.5 Å². The highest BCUT2D eigenvalue weighted by Crippen LogP contribution is 2.22. The zero-order chi connectivity index (χ0) is 19.6. The van der Waals surface area contributed by atoms with E-state index in [9.17, 15) is 14.9 Å². The van der Waals surface area contributed by atoms with Crippen molar-refractivity contribution in [2.24, 2.45) is 0 Å². The molecule has 8 nitrogen and oxygen atoms in total. The molecule has 0 N–H and O–H groups in total. The number of nitro benzene ring substituents is 1. The van der Waals surface area contributed by atoms with Gasteiger partial charge in [0.2, 0.25) is 11.7 Å². The minimum atomic E-state index is -0.477. The van der Waals surface area contributed by atoms with Crippen LogP contribution in [0.1, 0.15) is 21.8 Å². The highest BCUT2D eigenvalue weighted by molar-refractivity contribution is 9.10. The van der Waals surface area contributed by atoms with Crippen LogP contribution in [0.2, 0.25) is 0 Å². The van der Waals surface area contributed by atoms with Crippen molar-refractivity contribution in [3.8, 4) is 11.4 Å². The number of hydrogen-bond acceptors (Lipinski definition) is 6. The highest BCUT2D eigenvalue weighted by atomic mass is 79.9. The Kier molecular flexibility index (Phi) is 5.31. The Balaban J connectivity index is 1.74. The molecule has 9 heteroatoms. The van der Waals surface area contributed by atoms with Gasteiger partial charge in [-0.2, -0.15) is 4.98 Å². The van der Waals surface area contributed by atoms with Crippen LogP contribution in [0.15, 0.2) is 51.5 Å². The first kappa shape index (κ1) is 18.7. The fraction of sp³-hybridized carbons (Fsp3) is 0.167. The zero-order valence-electron chi connectivity index (χ0n) is 14.5. The SMILES string of the molecule is Cc1cc(C(=O)N(C)Cc2nc(-c3cccc(Br)c3)no2)ccc1[N+](=O)[O-]. The van der Waals surface area contributed by atoms with Gasteiger partial charge in [0.1, 0.15) is 0 Å². The quantitative estimate of drug-likeness (QED) is 0.447. The van der Waals surface area contributed by atoms with Gasteiger partial charge in [0, 0.05) is 34.3 Å². The van der Waals surface area contributed by atoms with Gasteiger partial charge in [-0.25, -0.2) is 0 Å². The molecule has 0 aliphatic heterocycles. The average molecular weight is 431 g/mol. The number of nitro groups is 1. The van der Waals surface area contributed by atoms with Crippen molar-refractivity contribution in [1.82, 2.24) is 15.0 Å². The number of rotatable bonds is 5. The lowest BCUT2D eigenvalue weighted by Crippen LogP contribution is -2.26. The van der Waals surface area contributed by atoms with Crippen LogP contribution in [-0.4, -0.2) is 32.9 Å². The molecule has 0 spiro atoms. The lowest BCUT2D eigenvalue weighted by atomic mass is 10.1. The highest BCUT2D eigenvalue weighted by Gasteiger charge is 2.19. The van der Waals surface area contributed by atoms with Crippen LogP contribution in [0.4, 0.5) is 5.69 Å². The summed E-state index contributed by atoms with van der Waals surface area (Å²) in [5, 5.41) is 14.8. The summed E-state index contributed by atoms with van der Waals surface area (Å²) in [4.78, 5) is 28.7. The molecule has 0 bridgehead atoms. The fourth-order valence-electron chi connectivity index (χ4n) is 2.55. The predicted octanol–water partition coefficient (Wildman–Crippen LogP) is 3.99. The first-order valence-electron chi connectivity index (χ1n) is 7.94. The third-order valence-electron chi connectivity index (χ3n) is 3.91. The molecule has 0 aliphatic carbocycles. The molecule has 0 unspecified atom stereocenters. The summed E-state index contributed by atoms with van der Waals surface area (Å²) in [6.07, 6.45) is 0. The van der Waals surface area contributed by atoms with E-state index in [1.165, 1.54) is 23.1 Å². The first-order chi connectivity index (χ1) is 12.8. The first-order valence-corrected chi connectivity index (χ1v) is 8.73. The number of hydrogen-bond donors (Lipinski definition) is 0. The molecule has 1 heterocycles. The predicted molar refractivity (Wildman–Crippen MR) is 101 cm³/mol. The number of aromatic nitrogens is 2. The summed E-state index contributed by atoms with van der Waals surface area (Å²) < 4.78 is 6.13. The lowest BCUT2D eigenvalue weighted by molar-refractivity contribution is -0.385. The Labute approximate surface area is 163 Å². The van der Waals surface area contributed by atoms with Crippen molar-refractivity contribution in [3.63, 3.8) is 0 Å². The van der Waals surface area contributed by atoms with Gasteiger partial charge in [0.15, 0.2) is 0 Å². The number of carbonyl (C=O) groups is 1. The maximum absolute atomic E-state index is 12.6. The topological polar surface area (TPSA) is 102 Å². The maximum Gasteiger partial charge on any atom is 0.272 e. The van der Waals surface area contributed by atoms with Gasteiger partial charge in [-0.1, -0.05) is 33.2 Å². The smallest absolute Gasteiger partial charge is 0.272 e. The summed E-state index contributed by atoms with van der Waals surface area (Å²) in [7, 11) is 1.60. The zero-order valence-corrected chi connectivity index (χ0v) is 16.1. The number of amides is 1. The van der Waals surface area contributed by atoms with Gasteiger partial charge in [0.25, 0.3) is 11.6 Å². The van der Waals surface area contributed by atoms with E-state index in [1.54, 1.807) is 14.0 Å². The molecule has 0 saturated heterocycles. The van der Waals surface area contributed by atoms with Gasteiger partial charge < -0.3 is 9.42 Å². The Morgan fingerprint density at radius 3 is 2.74 bits per heavy atom. The molecule has 0 saturated carbocycles. The average Bonchev–Trinajstić information content (AvgIpc) is 3.09. The molecule has 1 aromatic heterocycles. The van der Waals surface area contributed by atoms with Crippen LogP contribution >= 0.6 is 15.9 Å². The van der Waals surface area contributed by atoms with Crippen LogP contribution in [0, 0.1) is 17.0 Å². The van der Waals surface area contributed by atoms with E-state index in [1.807, 2.05) is 24.3 Å². The van der Waals surface area contributed by atoms with Crippen molar-refractivity contribution >= 4 is 27.5 Å². The fourth-order valence-corrected chi connectivity index (χ4v) is 2.95. The normalized spacial score (nSPS) is 10.6. The van der Waals surface area contributed by atoms with Crippen molar-refractivity contribution in [2.75, 3.05) is 7.05 Å². The minimum absolute atomic E-state index is 0.0234. The monoisotopic (exact) mass is 430 g/mol. The molecule has 3 rings (SSSR count). The van der Waals surface area contributed by atoms with Gasteiger partial charge in [-0.05, 0) is 31.2 Å². The molecule has 0 radical (unpaired) electrons. The Hall–Kier alpha value is -3.07. The number of benzene rings is 2. The van der Waals surface area contributed by atoms with Crippen molar-refractivity contribution < 1.29 is 14.2 Å². The van der Waals surface area contributed by atoms with Gasteiger partial charge in [-0.3, -0.25) is 14.9 Å². The molecular formula is C18H15BrN4O4. The second-order valence-corrected chi connectivity index (χ2v) is 6.86. The summed E-state index contributed by atoms with van der Waals surface area (Å²) in [6.45, 7) is 1.72. The summed E-state index contributed by atoms with van der Waals surface area (Å²) in [5.74, 6) is 0.424. The van der Waals surface area contributed by atoms with Crippen LogP contribution in [0.5, 0.6) is 0 Å². The number of nitrogens with zero attached hydrogens (tertiary/aromatic N) is 4. The van der Waals surface area contributed by atoms with Crippen LogP contribution in [0.25, 0.3) is 11.4 Å². The molecule has 27 heavy (non-hydrogen) atoms. The lowest BCUT2D eigenvalue weighted by Gasteiger charge is -2.15. The van der Waals surface area contributed by atoms with E-state index < -0.39 is 4.92 Å². The second kappa shape index (κ2) is 7.67. The molecular weight excluding hydrogens is 416 g/mol. The number of aryl methyl sites for hydroxylation is 1. The summed E-state index contributed by atoms with van der Waals surface area (Å²) in [5.41, 5.74) is 1.55. The third-order valence-corrected chi connectivity index (χ3v) is 4.40. The molecule has 3 aromatic rings. The minimum Gasteiger partial charge on any atom is -0.337 e. The van der Waals surface area contributed by atoms with E-state index in [4.69, 9.17) is 4.52 Å². The third kappa shape index (κ3) is 4.20. The van der Waals surface area contributed by atoms with E-state index in [0.717, 1.165) is 10.0 Å². The molecule has 0 aliphatic rings. The van der Waals surface area contributed by atoms with E-state index in [2.05, 4.69) is 26.1 Å². The summed E-state index contributed by atoms with van der Waals surface area (Å²) in [6, 6.07) is 11.7. The second-order valence-electron chi connectivity index (χ2n) is 5.94. The van der Waals surface area contributed by atoms with Crippen LogP contribution in [-0.2, 0) is 6.54 Å². The Morgan fingerprint density at radius 2 is 2.07 bits per heavy atom. The Bertz CT molecular complexity index is 1020. The molecule has 138 valence electrons. The Morgan fingerprint density at radius 1 is 1.30 bits per heavy atom. The molecule has 2 aromatic carbocycles. The number of carbonyl (C=O) groups excluding carboxylic acids is 1. The van der Waals surface area contributed by atoms with E-state index in [0.29, 0.717) is 22.8 Å². The van der Waals surface area contributed by atoms with Crippen molar-refractivity contribution in [1.29, 1.82) is 0 Å². The molecule has 1 amide bonds. The largest absolute Gasteiger partial charge is 0.337 e. The molecule has 0 fully saturated rings. The van der Waals surface area contributed by atoms with Gasteiger partial charge in [-0.15, -0.1) is 0 Å². The molecule has 0 atom stereocenters. The maximum atomic E-state index is 12.6. The van der Waals surface area contributed by atoms with Gasteiger partial charge >= 0.3 is 0 Å². The van der Waals surface area contributed by atoms with E-state index >= 15 is 0 Å². The van der Waals surface area contributed by atoms with Crippen molar-refractivity contribution in [3.05, 3.63) is 74.1 Å². The van der Waals surface area contributed by atoms with Crippen molar-refractivity contribution in [2.45, 2.75) is 13.5 Å². The van der Waals surface area contributed by atoms with Crippen LogP contribution < -0.4 is 0 Å². The standard InChI is InChI=1S/C18H15BrN4O4/c1-11-8-13(6-7-15(11)23(25)26)18(24)22(2)10-16-20-17(21-27-16)12-4-3-5-14(19)9-12/h3-9H,10H2,1-2H3.